The monoisotopic (exact) mass is 281 g/mol. The number of para-hydroxylation sites is 1. The van der Waals surface area contributed by atoms with Crippen LogP contribution < -0.4 is 10.1 Å². The Labute approximate surface area is 122 Å². The van der Waals surface area contributed by atoms with Gasteiger partial charge in [-0.2, -0.15) is 0 Å². The summed E-state index contributed by atoms with van der Waals surface area (Å²) in [4.78, 5) is 0. The Balaban J connectivity index is 2.06. The van der Waals surface area contributed by atoms with Crippen molar-refractivity contribution >= 4 is 0 Å². The van der Waals surface area contributed by atoms with Crippen molar-refractivity contribution < 1.29 is 14.6 Å². The Kier molecular flexibility index (Phi) is 8.26. The number of aliphatic hydroxyl groups is 1. The maximum absolute atomic E-state index is 9.82. The molecule has 0 aliphatic heterocycles. The van der Waals surface area contributed by atoms with Crippen LogP contribution in [0.3, 0.4) is 0 Å². The first-order valence-electron chi connectivity index (χ1n) is 7.24. The third kappa shape index (κ3) is 7.48. The summed E-state index contributed by atoms with van der Waals surface area (Å²) < 4.78 is 11.0. The molecule has 114 valence electrons. The Morgan fingerprint density at radius 3 is 2.65 bits per heavy atom. The lowest BCUT2D eigenvalue weighted by atomic mass is 10.2. The largest absolute Gasteiger partial charge is 0.491 e. The number of benzene rings is 1. The fourth-order valence-electron chi connectivity index (χ4n) is 1.70. The van der Waals surface area contributed by atoms with E-state index in [4.69, 9.17) is 9.47 Å². The van der Waals surface area contributed by atoms with Gasteiger partial charge >= 0.3 is 0 Å². The second kappa shape index (κ2) is 9.75. The van der Waals surface area contributed by atoms with Gasteiger partial charge in [-0.05, 0) is 24.5 Å². The lowest BCUT2D eigenvalue weighted by Crippen LogP contribution is -2.33. The second-order valence-electron chi connectivity index (χ2n) is 5.40. The smallest absolute Gasteiger partial charge is 0.122 e. The lowest BCUT2D eigenvalue weighted by Gasteiger charge is -2.14. The summed E-state index contributed by atoms with van der Waals surface area (Å²) in [5.41, 5.74) is 1.08. The minimum absolute atomic E-state index is 0.296. The number of hydrogen-bond acceptors (Lipinski definition) is 4. The summed E-state index contributed by atoms with van der Waals surface area (Å²) in [6.45, 7) is 9.24. The fourth-order valence-corrected chi connectivity index (χ4v) is 1.70. The van der Waals surface area contributed by atoms with Crippen molar-refractivity contribution in [3.8, 4) is 5.75 Å². The van der Waals surface area contributed by atoms with Crippen molar-refractivity contribution in [3.05, 3.63) is 29.8 Å². The van der Waals surface area contributed by atoms with Crippen LogP contribution in [0, 0.1) is 12.8 Å². The highest BCUT2D eigenvalue weighted by Gasteiger charge is 2.06. The van der Waals surface area contributed by atoms with Crippen LogP contribution in [0.25, 0.3) is 0 Å². The van der Waals surface area contributed by atoms with Crippen molar-refractivity contribution in [2.75, 3.05) is 32.9 Å². The molecule has 4 heteroatoms. The zero-order chi connectivity index (χ0) is 14.8. The van der Waals surface area contributed by atoms with E-state index in [-0.39, 0.29) is 0 Å². The molecule has 1 rings (SSSR count). The van der Waals surface area contributed by atoms with Crippen LogP contribution in [0.2, 0.25) is 0 Å². The molecule has 0 saturated carbocycles. The van der Waals surface area contributed by atoms with Crippen LogP contribution in [0.1, 0.15) is 19.4 Å². The molecule has 0 bridgehead atoms. The molecule has 0 spiro atoms. The van der Waals surface area contributed by atoms with Gasteiger partial charge in [0.1, 0.15) is 18.5 Å². The van der Waals surface area contributed by atoms with Gasteiger partial charge in [-0.3, -0.25) is 0 Å². The molecule has 20 heavy (non-hydrogen) atoms. The SMILES string of the molecule is Cc1ccccc1OCC(O)CNCCOCC(C)C. The maximum Gasteiger partial charge on any atom is 0.122 e. The zero-order valence-electron chi connectivity index (χ0n) is 12.8. The number of aryl methyl sites for hydroxylation is 1. The number of rotatable bonds is 10. The molecular weight excluding hydrogens is 254 g/mol. The normalized spacial score (nSPS) is 12.7. The van der Waals surface area contributed by atoms with Gasteiger partial charge in [0, 0.05) is 19.7 Å². The topological polar surface area (TPSA) is 50.7 Å². The van der Waals surface area contributed by atoms with Crippen LogP contribution in [0.15, 0.2) is 24.3 Å². The third-order valence-electron chi connectivity index (χ3n) is 2.78. The molecule has 0 fully saturated rings. The van der Waals surface area contributed by atoms with Crippen molar-refractivity contribution in [2.24, 2.45) is 5.92 Å². The quantitative estimate of drug-likeness (QED) is 0.644. The standard InChI is InChI=1S/C16H27NO3/c1-13(2)11-19-9-8-17-10-15(18)12-20-16-7-5-4-6-14(16)3/h4-7,13,15,17-18H,8-12H2,1-3H3. The molecule has 0 saturated heterocycles. The average Bonchev–Trinajstić information content (AvgIpc) is 2.41. The van der Waals surface area contributed by atoms with Gasteiger partial charge < -0.3 is 19.9 Å². The van der Waals surface area contributed by atoms with E-state index in [1.54, 1.807) is 0 Å². The molecule has 0 aliphatic carbocycles. The van der Waals surface area contributed by atoms with Crippen LogP contribution in [0.4, 0.5) is 0 Å². The van der Waals surface area contributed by atoms with E-state index in [1.807, 2.05) is 31.2 Å². The number of hydrogen-bond donors (Lipinski definition) is 2. The molecule has 0 aliphatic rings. The molecule has 1 atom stereocenters. The zero-order valence-corrected chi connectivity index (χ0v) is 12.8. The third-order valence-corrected chi connectivity index (χ3v) is 2.78. The second-order valence-corrected chi connectivity index (χ2v) is 5.40. The summed E-state index contributed by atoms with van der Waals surface area (Å²) in [5, 5.41) is 13.0. The van der Waals surface area contributed by atoms with Gasteiger partial charge in [0.25, 0.3) is 0 Å². The summed E-state index contributed by atoms with van der Waals surface area (Å²) in [6, 6.07) is 7.80. The van der Waals surface area contributed by atoms with E-state index in [9.17, 15) is 5.11 Å². The molecule has 0 heterocycles. The van der Waals surface area contributed by atoms with E-state index in [2.05, 4.69) is 19.2 Å². The first-order valence-corrected chi connectivity index (χ1v) is 7.24. The van der Waals surface area contributed by atoms with Crippen molar-refractivity contribution in [3.63, 3.8) is 0 Å². The van der Waals surface area contributed by atoms with Gasteiger partial charge in [-0.25, -0.2) is 0 Å². The fraction of sp³-hybridized carbons (Fsp3) is 0.625. The Bertz CT molecular complexity index is 368. The van der Waals surface area contributed by atoms with Gasteiger partial charge in [-0.15, -0.1) is 0 Å². The van der Waals surface area contributed by atoms with Crippen molar-refractivity contribution in [1.82, 2.24) is 5.32 Å². The maximum atomic E-state index is 9.82. The molecule has 4 nitrogen and oxygen atoms in total. The highest BCUT2D eigenvalue weighted by molar-refractivity contribution is 5.31. The van der Waals surface area contributed by atoms with Crippen LogP contribution in [-0.4, -0.2) is 44.1 Å². The van der Waals surface area contributed by atoms with Crippen LogP contribution in [-0.2, 0) is 4.74 Å². The van der Waals surface area contributed by atoms with E-state index in [0.29, 0.717) is 25.7 Å². The number of nitrogens with one attached hydrogen (secondary N) is 1. The van der Waals surface area contributed by atoms with Crippen LogP contribution in [0.5, 0.6) is 5.75 Å². The number of ether oxygens (including phenoxy) is 2. The average molecular weight is 281 g/mol. The van der Waals surface area contributed by atoms with E-state index >= 15 is 0 Å². The van der Waals surface area contributed by atoms with Gasteiger partial charge in [0.2, 0.25) is 0 Å². The van der Waals surface area contributed by atoms with E-state index < -0.39 is 6.10 Å². The molecule has 0 radical (unpaired) electrons. The van der Waals surface area contributed by atoms with Gasteiger partial charge in [0.15, 0.2) is 0 Å². The Hall–Kier alpha value is -1.10. The molecule has 1 aromatic rings. The Morgan fingerprint density at radius 2 is 1.95 bits per heavy atom. The summed E-state index contributed by atoms with van der Waals surface area (Å²) in [6.07, 6.45) is -0.514. The number of aliphatic hydroxyl groups excluding tert-OH is 1. The van der Waals surface area contributed by atoms with Gasteiger partial charge in [-0.1, -0.05) is 32.0 Å². The first-order chi connectivity index (χ1) is 9.59. The Morgan fingerprint density at radius 1 is 1.20 bits per heavy atom. The van der Waals surface area contributed by atoms with E-state index in [0.717, 1.165) is 24.5 Å². The predicted molar refractivity (Wildman–Crippen MR) is 81.2 cm³/mol. The summed E-state index contributed by atoms with van der Waals surface area (Å²) in [7, 11) is 0. The van der Waals surface area contributed by atoms with E-state index in [1.165, 1.54) is 0 Å². The lowest BCUT2D eigenvalue weighted by molar-refractivity contribution is 0.0923. The molecule has 0 amide bonds. The molecule has 2 N–H and O–H groups in total. The predicted octanol–water partition coefficient (Wildman–Crippen LogP) is 2.00. The minimum atomic E-state index is -0.514. The molecule has 0 aromatic heterocycles. The molecule has 1 aromatic carbocycles. The van der Waals surface area contributed by atoms with Gasteiger partial charge in [0.05, 0.1) is 6.61 Å². The first kappa shape index (κ1) is 17.0. The van der Waals surface area contributed by atoms with Crippen LogP contribution >= 0.6 is 0 Å². The highest BCUT2D eigenvalue weighted by atomic mass is 16.5. The summed E-state index contributed by atoms with van der Waals surface area (Å²) >= 11 is 0. The van der Waals surface area contributed by atoms with Crippen molar-refractivity contribution in [2.45, 2.75) is 26.9 Å². The highest BCUT2D eigenvalue weighted by Crippen LogP contribution is 2.16. The summed E-state index contributed by atoms with van der Waals surface area (Å²) in [5.74, 6) is 1.38. The molecule has 1 unspecified atom stereocenters. The van der Waals surface area contributed by atoms with Crippen molar-refractivity contribution in [1.29, 1.82) is 0 Å². The minimum Gasteiger partial charge on any atom is -0.491 e. The molecular formula is C16H27NO3.